The number of nitrogen functional groups attached to an aromatic ring is 1. The maximum Gasteiger partial charge on any atom is 0.409 e. The average Bonchev–Trinajstić information content (AvgIpc) is 2.65. The Bertz CT molecular complexity index is 780. The number of halogens is 1. The van der Waals surface area contributed by atoms with Crippen LogP contribution < -0.4 is 16.0 Å². The van der Waals surface area contributed by atoms with Crippen LogP contribution in [0.15, 0.2) is 30.6 Å². The molecule has 9 heteroatoms. The number of nitrogens with zero attached hydrogens (tertiary/aromatic N) is 4. The van der Waals surface area contributed by atoms with Crippen LogP contribution >= 0.6 is 11.6 Å². The minimum Gasteiger partial charge on any atom is -0.450 e. The lowest BCUT2D eigenvalue weighted by Crippen LogP contribution is -2.49. The van der Waals surface area contributed by atoms with Crippen molar-refractivity contribution in [3.8, 4) is 0 Å². The lowest BCUT2D eigenvalue weighted by atomic mass is 10.3. The number of rotatable bonds is 4. The highest BCUT2D eigenvalue weighted by molar-refractivity contribution is 6.33. The fourth-order valence-corrected chi connectivity index (χ4v) is 2.93. The first-order chi connectivity index (χ1) is 12.6. The highest BCUT2D eigenvalue weighted by Gasteiger charge is 2.24. The number of hydrogen-bond acceptors (Lipinski definition) is 7. The summed E-state index contributed by atoms with van der Waals surface area (Å²) in [5, 5.41) is 3.72. The largest absolute Gasteiger partial charge is 0.450 e. The maximum atomic E-state index is 11.8. The third kappa shape index (κ3) is 3.91. The van der Waals surface area contributed by atoms with E-state index in [-0.39, 0.29) is 6.09 Å². The lowest BCUT2D eigenvalue weighted by Gasteiger charge is -2.35. The van der Waals surface area contributed by atoms with Gasteiger partial charge in [-0.2, -0.15) is 0 Å². The van der Waals surface area contributed by atoms with Crippen molar-refractivity contribution in [3.05, 3.63) is 35.6 Å². The van der Waals surface area contributed by atoms with E-state index < -0.39 is 0 Å². The molecular formula is C17H21ClN6O2. The van der Waals surface area contributed by atoms with E-state index in [4.69, 9.17) is 22.1 Å². The van der Waals surface area contributed by atoms with Gasteiger partial charge in [-0.05, 0) is 19.1 Å². The molecule has 1 amide bonds. The van der Waals surface area contributed by atoms with Gasteiger partial charge >= 0.3 is 6.09 Å². The highest BCUT2D eigenvalue weighted by atomic mass is 35.5. The van der Waals surface area contributed by atoms with E-state index in [1.54, 1.807) is 17.9 Å². The summed E-state index contributed by atoms with van der Waals surface area (Å²) in [6.45, 7) is 4.50. The fourth-order valence-electron chi connectivity index (χ4n) is 2.74. The number of nitrogens with one attached hydrogen (secondary N) is 1. The molecule has 0 unspecified atom stereocenters. The SMILES string of the molecule is CCOC(=O)N1CCN(c2ncnc(Nc3ccccc3Cl)c2N)CC1. The third-order valence-corrected chi connectivity index (χ3v) is 4.42. The minimum atomic E-state index is -0.288. The molecule has 2 aromatic rings. The van der Waals surface area contributed by atoms with Gasteiger partial charge in [0.2, 0.25) is 0 Å². The van der Waals surface area contributed by atoms with Gasteiger partial charge in [-0.1, -0.05) is 23.7 Å². The number of benzene rings is 1. The summed E-state index contributed by atoms with van der Waals surface area (Å²) in [5.41, 5.74) is 7.44. The maximum absolute atomic E-state index is 11.8. The van der Waals surface area contributed by atoms with Gasteiger partial charge in [-0.15, -0.1) is 0 Å². The van der Waals surface area contributed by atoms with E-state index in [1.807, 2.05) is 23.1 Å². The lowest BCUT2D eigenvalue weighted by molar-refractivity contribution is 0.105. The zero-order chi connectivity index (χ0) is 18.5. The van der Waals surface area contributed by atoms with Crippen molar-refractivity contribution in [2.24, 2.45) is 0 Å². The first-order valence-corrected chi connectivity index (χ1v) is 8.76. The normalized spacial score (nSPS) is 14.2. The average molecular weight is 377 g/mol. The Labute approximate surface area is 156 Å². The molecule has 26 heavy (non-hydrogen) atoms. The molecule has 1 aliphatic rings. The number of para-hydroxylation sites is 1. The van der Waals surface area contributed by atoms with E-state index in [0.29, 0.717) is 55.1 Å². The van der Waals surface area contributed by atoms with Crippen LogP contribution in [0.2, 0.25) is 5.02 Å². The van der Waals surface area contributed by atoms with Gasteiger partial charge in [-0.25, -0.2) is 14.8 Å². The van der Waals surface area contributed by atoms with Gasteiger partial charge in [0.25, 0.3) is 0 Å². The third-order valence-electron chi connectivity index (χ3n) is 4.10. The van der Waals surface area contributed by atoms with Crippen molar-refractivity contribution in [2.45, 2.75) is 6.92 Å². The van der Waals surface area contributed by atoms with Gasteiger partial charge in [0.15, 0.2) is 11.6 Å². The Balaban J connectivity index is 1.72. The Morgan fingerprint density at radius 2 is 2.00 bits per heavy atom. The number of amides is 1. The number of anilines is 4. The molecule has 0 aliphatic carbocycles. The van der Waals surface area contributed by atoms with Crippen LogP contribution in [0.5, 0.6) is 0 Å². The Kier molecular flexibility index (Phi) is 5.62. The molecule has 0 saturated carbocycles. The number of hydrogen-bond donors (Lipinski definition) is 2. The molecule has 0 radical (unpaired) electrons. The molecule has 8 nitrogen and oxygen atoms in total. The summed E-state index contributed by atoms with van der Waals surface area (Å²) >= 11 is 6.18. The zero-order valence-corrected chi connectivity index (χ0v) is 15.2. The summed E-state index contributed by atoms with van der Waals surface area (Å²) < 4.78 is 5.04. The molecule has 1 fully saturated rings. The molecule has 0 spiro atoms. The number of aromatic nitrogens is 2. The monoisotopic (exact) mass is 376 g/mol. The summed E-state index contributed by atoms with van der Waals surface area (Å²) in [6, 6.07) is 7.37. The van der Waals surface area contributed by atoms with Gasteiger partial charge in [0.05, 0.1) is 17.3 Å². The summed E-state index contributed by atoms with van der Waals surface area (Å²) in [6.07, 6.45) is 1.17. The molecule has 138 valence electrons. The molecule has 2 heterocycles. The Morgan fingerprint density at radius 1 is 1.27 bits per heavy atom. The Morgan fingerprint density at radius 3 is 2.69 bits per heavy atom. The number of carbonyl (C=O) groups is 1. The molecule has 1 aromatic heterocycles. The van der Waals surface area contributed by atoms with E-state index in [0.717, 1.165) is 5.69 Å². The first-order valence-electron chi connectivity index (χ1n) is 8.38. The minimum absolute atomic E-state index is 0.288. The molecule has 3 rings (SSSR count). The van der Waals surface area contributed by atoms with Crippen LogP contribution in [0.4, 0.5) is 27.8 Å². The van der Waals surface area contributed by atoms with Crippen molar-refractivity contribution in [1.29, 1.82) is 0 Å². The smallest absolute Gasteiger partial charge is 0.409 e. The Hall–Kier alpha value is -2.74. The summed E-state index contributed by atoms with van der Waals surface area (Å²) in [7, 11) is 0. The molecular weight excluding hydrogens is 356 g/mol. The quantitative estimate of drug-likeness (QED) is 0.846. The van der Waals surface area contributed by atoms with Crippen LogP contribution in [0.1, 0.15) is 6.92 Å². The second kappa shape index (κ2) is 8.09. The van der Waals surface area contributed by atoms with E-state index in [9.17, 15) is 4.79 Å². The second-order valence-electron chi connectivity index (χ2n) is 5.74. The van der Waals surface area contributed by atoms with Gasteiger partial charge in [-0.3, -0.25) is 0 Å². The highest BCUT2D eigenvalue weighted by Crippen LogP contribution is 2.31. The standard InChI is InChI=1S/C17H21ClN6O2/c1-2-26-17(25)24-9-7-23(8-10-24)16-14(19)15(20-11-21-16)22-13-6-4-3-5-12(13)18/h3-6,11H,2,7-10,19H2,1H3,(H,20,21,22). The first kappa shape index (κ1) is 18.1. The van der Waals surface area contributed by atoms with Crippen molar-refractivity contribution < 1.29 is 9.53 Å². The van der Waals surface area contributed by atoms with Crippen molar-refractivity contribution in [3.63, 3.8) is 0 Å². The van der Waals surface area contributed by atoms with E-state index >= 15 is 0 Å². The van der Waals surface area contributed by atoms with E-state index in [2.05, 4.69) is 15.3 Å². The summed E-state index contributed by atoms with van der Waals surface area (Å²) in [4.78, 5) is 24.1. The van der Waals surface area contributed by atoms with Crippen molar-refractivity contribution in [2.75, 3.05) is 48.7 Å². The van der Waals surface area contributed by atoms with Gasteiger partial charge < -0.3 is 25.6 Å². The second-order valence-corrected chi connectivity index (χ2v) is 6.14. The molecule has 1 aromatic carbocycles. The fraction of sp³-hybridized carbons (Fsp3) is 0.353. The number of carbonyl (C=O) groups excluding carboxylic acids is 1. The van der Waals surface area contributed by atoms with Crippen LogP contribution in [0.3, 0.4) is 0 Å². The number of nitrogens with two attached hydrogens (primary N) is 1. The number of piperazine rings is 1. The predicted molar refractivity (Wildman–Crippen MR) is 102 cm³/mol. The topological polar surface area (TPSA) is 96.6 Å². The molecule has 0 atom stereocenters. The van der Waals surface area contributed by atoms with Crippen LogP contribution in [0.25, 0.3) is 0 Å². The molecule has 1 saturated heterocycles. The molecule has 3 N–H and O–H groups in total. The van der Waals surface area contributed by atoms with Gasteiger partial charge in [0.1, 0.15) is 12.0 Å². The summed E-state index contributed by atoms with van der Waals surface area (Å²) in [5.74, 6) is 1.13. The molecule has 0 bridgehead atoms. The molecule has 1 aliphatic heterocycles. The van der Waals surface area contributed by atoms with Crippen molar-refractivity contribution >= 4 is 40.7 Å². The van der Waals surface area contributed by atoms with Crippen LogP contribution in [-0.4, -0.2) is 53.7 Å². The van der Waals surface area contributed by atoms with Crippen molar-refractivity contribution in [1.82, 2.24) is 14.9 Å². The predicted octanol–water partition coefficient (Wildman–Crippen LogP) is 2.73. The van der Waals surface area contributed by atoms with Gasteiger partial charge in [0, 0.05) is 26.2 Å². The van der Waals surface area contributed by atoms with Crippen LogP contribution in [0, 0.1) is 0 Å². The number of ether oxygens (including phenoxy) is 1. The van der Waals surface area contributed by atoms with E-state index in [1.165, 1.54) is 6.33 Å². The zero-order valence-electron chi connectivity index (χ0n) is 14.5. The van der Waals surface area contributed by atoms with Crippen LogP contribution in [-0.2, 0) is 4.74 Å².